The Kier molecular flexibility index (Phi) is 20.0. The van der Waals surface area contributed by atoms with Crippen molar-refractivity contribution in [1.29, 1.82) is 0 Å². The molecular weight excluding hydrogens is 1080 g/mol. The number of ether oxygens (including phenoxy) is 9. The van der Waals surface area contributed by atoms with Gasteiger partial charge in [-0.1, -0.05) is 40.0 Å². The first kappa shape index (κ1) is 64.4. The maximum absolute atomic E-state index is 12.9. The van der Waals surface area contributed by atoms with Crippen LogP contribution in [0.4, 0.5) is 0 Å². The topological polar surface area (TPSA) is 203 Å². The summed E-state index contributed by atoms with van der Waals surface area (Å²) in [6.45, 7) is 20.7. The summed E-state index contributed by atoms with van der Waals surface area (Å²) in [7, 11) is 0. The Morgan fingerprint density at radius 1 is 0.459 bits per heavy atom. The average molecular weight is 1190 g/mol. The first-order valence-electron chi connectivity index (χ1n) is 33.9. The van der Waals surface area contributed by atoms with Gasteiger partial charge < -0.3 is 42.6 Å². The van der Waals surface area contributed by atoms with E-state index in [9.17, 15) is 33.6 Å². The maximum Gasteiger partial charge on any atom is 0.311 e. The maximum atomic E-state index is 12.9. The monoisotopic (exact) mass is 1190 g/mol. The molecule has 13 aliphatic carbocycles. The van der Waals surface area contributed by atoms with Crippen LogP contribution in [-0.2, 0) is 76.2 Å². The smallest absolute Gasteiger partial charge is 0.311 e. The number of ketones is 1. The van der Waals surface area contributed by atoms with Crippen LogP contribution in [0.1, 0.15) is 217 Å². The largest absolute Gasteiger partial charge is 0.462 e. The number of Topliss-reactive ketones (excluding diaryl/α,β-unsaturated/α-hetero) is 1. The van der Waals surface area contributed by atoms with Gasteiger partial charge in [-0.3, -0.25) is 33.6 Å². The first-order valence-corrected chi connectivity index (χ1v) is 33.9. The highest BCUT2D eigenvalue weighted by atomic mass is 16.7. The van der Waals surface area contributed by atoms with Gasteiger partial charge in [-0.2, -0.15) is 0 Å². The molecule has 0 N–H and O–H groups in total. The molecule has 0 saturated heterocycles. The fourth-order valence-electron chi connectivity index (χ4n) is 18.9. The summed E-state index contributed by atoms with van der Waals surface area (Å²) in [6, 6.07) is 0. The second-order valence-electron chi connectivity index (χ2n) is 30.9. The van der Waals surface area contributed by atoms with Gasteiger partial charge in [0.25, 0.3) is 0 Å². The molecule has 0 spiro atoms. The van der Waals surface area contributed by atoms with Gasteiger partial charge in [-0.25, -0.2) is 0 Å². The summed E-state index contributed by atoms with van der Waals surface area (Å²) in [5.74, 6) is 5.37. The predicted octanol–water partition coefficient (Wildman–Crippen LogP) is 12.3. The Morgan fingerprint density at radius 3 is 1.41 bits per heavy atom. The second-order valence-corrected chi connectivity index (χ2v) is 30.9. The van der Waals surface area contributed by atoms with Crippen molar-refractivity contribution in [2.45, 2.75) is 241 Å². The van der Waals surface area contributed by atoms with E-state index in [1.165, 1.54) is 44.9 Å². The molecule has 13 aliphatic rings. The molecule has 0 aromatic heterocycles. The third kappa shape index (κ3) is 13.6. The molecule has 13 fully saturated rings. The number of carbonyl (C=O) groups is 7. The van der Waals surface area contributed by atoms with Gasteiger partial charge in [0.1, 0.15) is 23.9 Å². The molecule has 85 heavy (non-hydrogen) atoms. The van der Waals surface area contributed by atoms with E-state index in [2.05, 4.69) is 0 Å². The third-order valence-electron chi connectivity index (χ3n) is 24.6. The van der Waals surface area contributed by atoms with E-state index in [1.807, 2.05) is 69.2 Å². The Bertz CT molecular complexity index is 2390. The Labute approximate surface area is 507 Å². The minimum atomic E-state index is -0.715. The van der Waals surface area contributed by atoms with Crippen LogP contribution in [0.2, 0.25) is 0 Å². The Hall–Kier alpha value is -3.63. The van der Waals surface area contributed by atoms with Crippen molar-refractivity contribution in [3.8, 4) is 0 Å². The van der Waals surface area contributed by atoms with E-state index in [1.54, 1.807) is 0 Å². The molecule has 0 aromatic carbocycles. The highest BCUT2D eigenvalue weighted by Gasteiger charge is 2.67. The fraction of sp³-hybridized carbons (Fsp3) is 0.899. The summed E-state index contributed by atoms with van der Waals surface area (Å²) in [4.78, 5) is 88.3. The standard InChI is InChI=1S/C25H36O6.C22H34O5.C22H36O5/c1-4-24(2,3)23(28)31-20-10-14-8-18(20)19(9-14)22(27)29-13-30-25-11-15-5-16(12-25)7-17(6-15)21(25)26;1-5-22(3,4)21(24)27-17-10-13-9-16(17)19-14-7-12(18(13)19)8-15(14)20(23)26-11-25-6-2;1-4-22(2,3)21(24)27-19-12-16-10-17(19)18(11-16)20(23)26-14-25-13-15-8-6-5-7-9-15/h14-20H,4-13H2,1-3H3;12-19H,5-11H2,1-4H3;15-19H,4-14H2,1-3H3. The zero-order valence-electron chi connectivity index (χ0n) is 53.4. The van der Waals surface area contributed by atoms with E-state index in [0.717, 1.165) is 109 Å². The second kappa shape index (κ2) is 26.4. The van der Waals surface area contributed by atoms with E-state index in [0.29, 0.717) is 72.4 Å². The van der Waals surface area contributed by atoms with Crippen molar-refractivity contribution in [3.63, 3.8) is 0 Å². The zero-order chi connectivity index (χ0) is 60.8. The van der Waals surface area contributed by atoms with E-state index in [-0.39, 0.29) is 116 Å². The van der Waals surface area contributed by atoms with Gasteiger partial charge in [-0.05, 0) is 242 Å². The molecule has 12 bridgehead atoms. The number of hydrogen-bond donors (Lipinski definition) is 0. The number of hydrogen-bond acceptors (Lipinski definition) is 16. The highest BCUT2D eigenvalue weighted by molar-refractivity contribution is 5.91. The minimum Gasteiger partial charge on any atom is -0.462 e. The molecule has 16 heteroatoms. The lowest BCUT2D eigenvalue weighted by Gasteiger charge is -2.54. The highest BCUT2D eigenvalue weighted by Crippen LogP contribution is 2.69. The summed E-state index contributed by atoms with van der Waals surface area (Å²) in [5, 5.41) is 0. The lowest BCUT2D eigenvalue weighted by atomic mass is 9.53. The van der Waals surface area contributed by atoms with Crippen LogP contribution in [-0.4, -0.2) is 99.1 Å². The Morgan fingerprint density at radius 2 is 0.918 bits per heavy atom. The molecule has 0 radical (unpaired) electrons. The third-order valence-corrected chi connectivity index (χ3v) is 24.6. The van der Waals surface area contributed by atoms with Gasteiger partial charge in [0.05, 0.1) is 40.6 Å². The van der Waals surface area contributed by atoms with Gasteiger partial charge in [0.2, 0.25) is 0 Å². The van der Waals surface area contributed by atoms with Crippen LogP contribution in [0, 0.1) is 117 Å². The minimum absolute atomic E-state index is 0.0134. The molecule has 0 aromatic rings. The van der Waals surface area contributed by atoms with Gasteiger partial charge in [-0.15, -0.1) is 0 Å². The van der Waals surface area contributed by atoms with E-state index in [4.69, 9.17) is 42.6 Å². The molecule has 18 unspecified atom stereocenters. The molecular formula is C69H106O16. The van der Waals surface area contributed by atoms with E-state index < -0.39 is 21.8 Å². The molecule has 0 aliphatic heterocycles. The Balaban J connectivity index is 0.000000142. The molecule has 13 saturated carbocycles. The van der Waals surface area contributed by atoms with Crippen LogP contribution < -0.4 is 0 Å². The van der Waals surface area contributed by atoms with E-state index >= 15 is 0 Å². The number of esters is 6. The quantitative estimate of drug-likeness (QED) is 0.0325. The van der Waals surface area contributed by atoms with Gasteiger partial charge in [0.15, 0.2) is 26.2 Å². The van der Waals surface area contributed by atoms with Crippen molar-refractivity contribution in [2.75, 3.05) is 33.6 Å². The number of fused-ring (bicyclic) bond motifs is 13. The molecule has 18 atom stereocenters. The number of carbonyl (C=O) groups excluding carboxylic acids is 7. The normalized spacial score (nSPS) is 38.7. The van der Waals surface area contributed by atoms with Crippen molar-refractivity contribution < 1.29 is 76.2 Å². The molecule has 478 valence electrons. The van der Waals surface area contributed by atoms with Gasteiger partial charge in [0, 0.05) is 24.4 Å². The fourth-order valence-corrected chi connectivity index (χ4v) is 18.9. The first-order chi connectivity index (χ1) is 40.5. The SMILES string of the molecule is CCC(C)(C)C(=O)OC1CC2CC(C(=O)OCOC34CC5CC(CC(C5)C3=O)C4)C1C2.CCC(C)(C)C(=O)OC1CC2CC(C(=O)OCOCC3CCCCC3)C1C2.CCOCOC(=O)C1CC2CC1C1C3CC(CC3OC(=O)C(C)(C)CC)C21. The van der Waals surface area contributed by atoms with Crippen LogP contribution in [0.3, 0.4) is 0 Å². The van der Waals surface area contributed by atoms with Crippen molar-refractivity contribution in [1.82, 2.24) is 0 Å². The summed E-state index contributed by atoms with van der Waals surface area (Å²) in [6.07, 6.45) is 22.7. The lowest BCUT2D eigenvalue weighted by molar-refractivity contribution is -0.210. The predicted molar refractivity (Wildman–Crippen MR) is 313 cm³/mol. The van der Waals surface area contributed by atoms with Crippen LogP contribution in [0.15, 0.2) is 0 Å². The average Bonchev–Trinajstić information content (AvgIpc) is 1.94. The van der Waals surface area contributed by atoms with Crippen molar-refractivity contribution >= 4 is 41.6 Å². The van der Waals surface area contributed by atoms with Crippen LogP contribution in [0.25, 0.3) is 0 Å². The molecule has 13 rings (SSSR count). The molecule has 16 nitrogen and oxygen atoms in total. The summed E-state index contributed by atoms with van der Waals surface area (Å²) >= 11 is 0. The zero-order valence-corrected chi connectivity index (χ0v) is 53.4. The summed E-state index contributed by atoms with van der Waals surface area (Å²) in [5.41, 5.74) is -2.10. The number of rotatable bonds is 22. The van der Waals surface area contributed by atoms with Crippen LogP contribution >= 0.6 is 0 Å². The lowest BCUT2D eigenvalue weighted by Crippen LogP contribution is -2.59. The summed E-state index contributed by atoms with van der Waals surface area (Å²) < 4.78 is 50.8. The van der Waals surface area contributed by atoms with Crippen LogP contribution in [0.5, 0.6) is 0 Å². The van der Waals surface area contributed by atoms with Crippen molar-refractivity contribution in [2.24, 2.45) is 117 Å². The molecule has 0 heterocycles. The molecule has 0 amide bonds. The van der Waals surface area contributed by atoms with Gasteiger partial charge >= 0.3 is 35.8 Å². The van der Waals surface area contributed by atoms with Crippen molar-refractivity contribution in [3.05, 3.63) is 0 Å².